The normalized spacial score (nSPS) is 18.0. The molecule has 1 aromatic carbocycles. The van der Waals surface area contributed by atoms with E-state index in [1.54, 1.807) is 13.8 Å². The van der Waals surface area contributed by atoms with Crippen LogP contribution in [0.4, 0.5) is 0 Å². The molecular weight excluding hydrogens is 289 g/mol. The Morgan fingerprint density at radius 3 is 2.05 bits per heavy atom. The maximum Gasteiger partial charge on any atom is 0.488 e. The van der Waals surface area contributed by atoms with Crippen molar-refractivity contribution in [3.8, 4) is 0 Å². The zero-order valence-electron chi connectivity index (χ0n) is 12.7. The Labute approximate surface area is 126 Å². The molecule has 1 fully saturated rings. The van der Waals surface area contributed by atoms with Gasteiger partial charge in [0.1, 0.15) is 0 Å². The van der Waals surface area contributed by atoms with Crippen LogP contribution >= 0.6 is 0 Å². The molecule has 0 bridgehead atoms. The van der Waals surface area contributed by atoms with Crippen LogP contribution in [0.5, 0.6) is 0 Å². The summed E-state index contributed by atoms with van der Waals surface area (Å²) in [6, 6.07) is 3.05. The summed E-state index contributed by atoms with van der Waals surface area (Å²) < 4.78 is 27.2. The summed E-state index contributed by atoms with van der Waals surface area (Å²) in [6.45, 7) is 6.62. The highest BCUT2D eigenvalue weighted by Crippen LogP contribution is 2.27. The predicted molar refractivity (Wildman–Crippen MR) is 82.9 cm³/mol. The average molecular weight is 311 g/mol. The largest absolute Gasteiger partial charge is 0.488 e. The molecule has 1 saturated heterocycles. The summed E-state index contributed by atoms with van der Waals surface area (Å²) in [5.41, 5.74) is 1.42. The standard InChI is InChI=1S/C14H22BNO4S/c1-10-4-6-16(7-5-10)21(19,20)14-11(2)8-13(15(17)18)9-12(14)3/h8-10,17-18H,4-7H2,1-3H3. The minimum atomic E-state index is -3.52. The molecule has 2 N–H and O–H groups in total. The summed E-state index contributed by atoms with van der Waals surface area (Å²) in [5.74, 6) is 0.561. The molecule has 116 valence electrons. The van der Waals surface area contributed by atoms with E-state index in [9.17, 15) is 18.5 Å². The molecule has 0 unspecified atom stereocenters. The lowest BCUT2D eigenvalue weighted by atomic mass is 9.79. The van der Waals surface area contributed by atoms with Gasteiger partial charge in [0.05, 0.1) is 4.90 Å². The molecule has 0 atom stereocenters. The maximum absolute atomic E-state index is 12.8. The Morgan fingerprint density at radius 1 is 1.14 bits per heavy atom. The number of sulfonamides is 1. The summed E-state index contributed by atoms with van der Waals surface area (Å²) >= 11 is 0. The highest BCUT2D eigenvalue weighted by Gasteiger charge is 2.31. The Hall–Kier alpha value is -0.885. The van der Waals surface area contributed by atoms with E-state index in [0.29, 0.717) is 40.5 Å². The van der Waals surface area contributed by atoms with Gasteiger partial charge in [0.25, 0.3) is 0 Å². The lowest BCUT2D eigenvalue weighted by Gasteiger charge is -2.30. The van der Waals surface area contributed by atoms with Crippen LogP contribution in [0.25, 0.3) is 0 Å². The van der Waals surface area contributed by atoms with E-state index in [0.717, 1.165) is 12.8 Å². The number of hydrogen-bond donors (Lipinski definition) is 2. The topological polar surface area (TPSA) is 77.8 Å². The Kier molecular flexibility index (Phi) is 4.77. The number of nitrogens with zero attached hydrogens (tertiary/aromatic N) is 1. The van der Waals surface area contributed by atoms with Gasteiger partial charge in [-0.1, -0.05) is 19.1 Å². The van der Waals surface area contributed by atoms with Crippen LogP contribution in [0.15, 0.2) is 17.0 Å². The fourth-order valence-corrected chi connectivity index (χ4v) is 4.78. The van der Waals surface area contributed by atoms with Gasteiger partial charge in [-0.2, -0.15) is 4.31 Å². The predicted octanol–water partition coefficient (Wildman–Crippen LogP) is 0.404. The van der Waals surface area contributed by atoms with Gasteiger partial charge in [-0.05, 0) is 49.2 Å². The van der Waals surface area contributed by atoms with Crippen LogP contribution in [0.2, 0.25) is 0 Å². The fourth-order valence-electron chi connectivity index (χ4n) is 2.89. The Morgan fingerprint density at radius 2 is 1.62 bits per heavy atom. The molecule has 1 aromatic rings. The summed E-state index contributed by atoms with van der Waals surface area (Å²) in [4.78, 5) is 0.293. The third kappa shape index (κ3) is 3.31. The molecule has 7 heteroatoms. The van der Waals surface area contributed by atoms with E-state index in [-0.39, 0.29) is 0 Å². The second-order valence-electron chi connectivity index (χ2n) is 5.94. The molecule has 2 rings (SSSR count). The van der Waals surface area contributed by atoms with Gasteiger partial charge < -0.3 is 10.0 Å². The van der Waals surface area contributed by atoms with Crippen LogP contribution < -0.4 is 5.46 Å². The minimum Gasteiger partial charge on any atom is -0.423 e. The van der Waals surface area contributed by atoms with Crippen molar-refractivity contribution in [1.29, 1.82) is 0 Å². The monoisotopic (exact) mass is 311 g/mol. The number of hydrogen-bond acceptors (Lipinski definition) is 4. The SMILES string of the molecule is Cc1cc(B(O)O)cc(C)c1S(=O)(=O)N1CCC(C)CC1. The van der Waals surface area contributed by atoms with Crippen molar-refractivity contribution < 1.29 is 18.5 Å². The molecule has 5 nitrogen and oxygen atoms in total. The van der Waals surface area contributed by atoms with Gasteiger partial charge in [0.15, 0.2) is 0 Å². The highest BCUT2D eigenvalue weighted by atomic mass is 32.2. The third-order valence-electron chi connectivity index (χ3n) is 4.12. The zero-order valence-corrected chi connectivity index (χ0v) is 13.5. The second-order valence-corrected chi connectivity index (χ2v) is 7.82. The molecule has 1 aliphatic rings. The van der Waals surface area contributed by atoms with Crippen LogP contribution in [0.3, 0.4) is 0 Å². The van der Waals surface area contributed by atoms with Crippen LogP contribution in [0.1, 0.15) is 30.9 Å². The lowest BCUT2D eigenvalue weighted by molar-refractivity contribution is 0.288. The van der Waals surface area contributed by atoms with Crippen molar-refractivity contribution in [1.82, 2.24) is 4.31 Å². The van der Waals surface area contributed by atoms with Crippen molar-refractivity contribution in [3.05, 3.63) is 23.3 Å². The molecule has 0 aliphatic carbocycles. The van der Waals surface area contributed by atoms with Crippen LogP contribution in [-0.4, -0.2) is 43.0 Å². The third-order valence-corrected chi connectivity index (χ3v) is 6.33. The molecule has 21 heavy (non-hydrogen) atoms. The van der Waals surface area contributed by atoms with Gasteiger partial charge >= 0.3 is 7.12 Å². The van der Waals surface area contributed by atoms with Gasteiger partial charge in [-0.25, -0.2) is 8.42 Å². The van der Waals surface area contributed by atoms with Crippen molar-refractivity contribution in [3.63, 3.8) is 0 Å². The number of benzene rings is 1. The molecule has 0 radical (unpaired) electrons. The minimum absolute atomic E-state index is 0.293. The molecule has 1 aliphatic heterocycles. The van der Waals surface area contributed by atoms with Crippen LogP contribution in [-0.2, 0) is 10.0 Å². The summed E-state index contributed by atoms with van der Waals surface area (Å²) in [7, 11) is -5.11. The first-order valence-electron chi connectivity index (χ1n) is 7.21. The summed E-state index contributed by atoms with van der Waals surface area (Å²) in [6.07, 6.45) is 1.76. The lowest BCUT2D eigenvalue weighted by Crippen LogP contribution is -2.39. The molecular formula is C14H22BNO4S. The van der Waals surface area contributed by atoms with E-state index in [4.69, 9.17) is 0 Å². The van der Waals surface area contributed by atoms with Gasteiger partial charge in [0, 0.05) is 13.1 Å². The second kappa shape index (κ2) is 6.08. The van der Waals surface area contributed by atoms with Crippen molar-refractivity contribution in [2.24, 2.45) is 5.92 Å². The number of piperidine rings is 1. The maximum atomic E-state index is 12.8. The first-order valence-corrected chi connectivity index (χ1v) is 8.65. The van der Waals surface area contributed by atoms with Gasteiger partial charge in [0.2, 0.25) is 10.0 Å². The number of aryl methyl sites for hydroxylation is 2. The molecule has 1 heterocycles. The molecule has 0 amide bonds. The van der Waals surface area contributed by atoms with E-state index in [1.165, 1.54) is 16.4 Å². The Bertz CT molecular complexity index is 599. The molecule has 0 spiro atoms. The van der Waals surface area contributed by atoms with E-state index >= 15 is 0 Å². The zero-order chi connectivity index (χ0) is 15.8. The Balaban J connectivity index is 2.41. The van der Waals surface area contributed by atoms with E-state index in [1.807, 2.05) is 0 Å². The number of rotatable bonds is 3. The van der Waals surface area contributed by atoms with Crippen molar-refractivity contribution >= 4 is 22.6 Å². The quantitative estimate of drug-likeness (QED) is 0.792. The van der Waals surface area contributed by atoms with Crippen molar-refractivity contribution in [2.75, 3.05) is 13.1 Å². The van der Waals surface area contributed by atoms with Crippen LogP contribution in [0, 0.1) is 19.8 Å². The van der Waals surface area contributed by atoms with E-state index < -0.39 is 17.1 Å². The molecule has 0 saturated carbocycles. The fraction of sp³-hybridized carbons (Fsp3) is 0.571. The first kappa shape index (κ1) is 16.5. The van der Waals surface area contributed by atoms with Crippen molar-refractivity contribution in [2.45, 2.75) is 38.5 Å². The van der Waals surface area contributed by atoms with E-state index in [2.05, 4.69) is 6.92 Å². The highest BCUT2D eigenvalue weighted by molar-refractivity contribution is 7.89. The molecule has 0 aromatic heterocycles. The van der Waals surface area contributed by atoms with Gasteiger partial charge in [-0.15, -0.1) is 0 Å². The smallest absolute Gasteiger partial charge is 0.423 e. The summed E-state index contributed by atoms with van der Waals surface area (Å²) in [5, 5.41) is 18.5. The first-order chi connectivity index (χ1) is 9.73. The van der Waals surface area contributed by atoms with Gasteiger partial charge in [-0.3, -0.25) is 0 Å². The average Bonchev–Trinajstić information content (AvgIpc) is 2.37.